The van der Waals surface area contributed by atoms with E-state index in [4.69, 9.17) is 9.84 Å². The topological polar surface area (TPSA) is 91.8 Å². The van der Waals surface area contributed by atoms with Crippen LogP contribution >= 0.6 is 11.3 Å². The van der Waals surface area contributed by atoms with E-state index in [1.54, 1.807) is 0 Å². The van der Waals surface area contributed by atoms with Crippen LogP contribution in [0.3, 0.4) is 0 Å². The normalized spacial score (nSPS) is 19.2. The van der Waals surface area contributed by atoms with Crippen LogP contribution in [-0.2, 0) is 16.1 Å². The van der Waals surface area contributed by atoms with Crippen LogP contribution in [0.5, 0.6) is 0 Å². The van der Waals surface area contributed by atoms with Crippen molar-refractivity contribution in [2.75, 3.05) is 19.8 Å². The van der Waals surface area contributed by atoms with Gasteiger partial charge in [0.1, 0.15) is 0 Å². The molecule has 2 heterocycles. The molecular weight excluding hydrogens is 270 g/mol. The Morgan fingerprint density at radius 1 is 1.68 bits per heavy atom. The summed E-state index contributed by atoms with van der Waals surface area (Å²) in [6, 6.07) is -1.33. The molecule has 1 aromatic heterocycles. The van der Waals surface area contributed by atoms with E-state index in [2.05, 4.69) is 10.3 Å². The summed E-state index contributed by atoms with van der Waals surface area (Å²) >= 11 is 1.51. The summed E-state index contributed by atoms with van der Waals surface area (Å²) in [7, 11) is 0. The lowest BCUT2D eigenvalue weighted by molar-refractivity contribution is -0.147. The lowest BCUT2D eigenvalue weighted by Crippen LogP contribution is -2.55. The average Bonchev–Trinajstić information content (AvgIpc) is 2.81. The largest absolute Gasteiger partial charge is 0.480 e. The first kappa shape index (κ1) is 13.8. The van der Waals surface area contributed by atoms with Crippen LogP contribution in [0.4, 0.5) is 4.79 Å². The average molecular weight is 285 g/mol. The van der Waals surface area contributed by atoms with Crippen molar-refractivity contribution in [1.29, 1.82) is 0 Å². The van der Waals surface area contributed by atoms with Crippen molar-refractivity contribution in [2.24, 2.45) is 0 Å². The summed E-state index contributed by atoms with van der Waals surface area (Å²) in [6.07, 6.45) is 0. The molecule has 2 rings (SSSR count). The Labute approximate surface area is 114 Å². The number of nitrogens with zero attached hydrogens (tertiary/aromatic N) is 2. The summed E-state index contributed by atoms with van der Waals surface area (Å²) in [4.78, 5) is 28.5. The first-order chi connectivity index (χ1) is 9.08. The van der Waals surface area contributed by atoms with Gasteiger partial charge in [0.15, 0.2) is 6.04 Å². The molecule has 1 aliphatic heterocycles. The molecule has 0 aliphatic carbocycles. The number of aliphatic carboxylic acids is 1. The number of aromatic nitrogens is 1. The Bertz CT molecular complexity index is 476. The van der Waals surface area contributed by atoms with Crippen LogP contribution < -0.4 is 5.32 Å². The molecule has 8 heteroatoms. The summed E-state index contributed by atoms with van der Waals surface area (Å²) < 4.78 is 5.08. The standard InChI is InChI=1S/C11H15N3O4S/c1-7-13-8(6-19-7)4-12-11(17)14-2-3-18-5-9(14)10(15)16/h6,9H,2-5H2,1H3,(H,12,17)(H,15,16). The van der Waals surface area contributed by atoms with Gasteiger partial charge in [-0.3, -0.25) is 0 Å². The molecule has 0 saturated carbocycles. The number of hydrogen-bond donors (Lipinski definition) is 2. The zero-order valence-electron chi connectivity index (χ0n) is 10.5. The minimum Gasteiger partial charge on any atom is -0.480 e. The third kappa shape index (κ3) is 3.42. The van der Waals surface area contributed by atoms with Gasteiger partial charge >= 0.3 is 12.0 Å². The van der Waals surface area contributed by atoms with Crippen LogP contribution in [0.1, 0.15) is 10.7 Å². The molecule has 1 saturated heterocycles. The van der Waals surface area contributed by atoms with Crippen LogP contribution in [0.25, 0.3) is 0 Å². The molecule has 0 aromatic carbocycles. The highest BCUT2D eigenvalue weighted by molar-refractivity contribution is 7.09. The predicted molar refractivity (Wildman–Crippen MR) is 68.0 cm³/mol. The van der Waals surface area contributed by atoms with E-state index in [0.29, 0.717) is 13.2 Å². The first-order valence-corrected chi connectivity index (χ1v) is 6.72. The van der Waals surface area contributed by atoms with Crippen molar-refractivity contribution in [3.8, 4) is 0 Å². The zero-order valence-corrected chi connectivity index (χ0v) is 11.3. The monoisotopic (exact) mass is 285 g/mol. The van der Waals surface area contributed by atoms with Gasteiger partial charge in [-0.1, -0.05) is 0 Å². The number of ether oxygens (including phenoxy) is 1. The van der Waals surface area contributed by atoms with Crippen molar-refractivity contribution in [3.63, 3.8) is 0 Å². The summed E-state index contributed by atoms with van der Waals surface area (Å²) in [5, 5.41) is 14.5. The highest BCUT2D eigenvalue weighted by atomic mass is 32.1. The Hall–Kier alpha value is -1.67. The van der Waals surface area contributed by atoms with Crippen LogP contribution in [0, 0.1) is 6.92 Å². The molecule has 104 valence electrons. The van der Waals surface area contributed by atoms with Gasteiger partial charge in [0.2, 0.25) is 0 Å². The summed E-state index contributed by atoms with van der Waals surface area (Å²) in [6.45, 7) is 2.84. The Morgan fingerprint density at radius 2 is 2.47 bits per heavy atom. The van der Waals surface area contributed by atoms with Crippen molar-refractivity contribution >= 4 is 23.3 Å². The van der Waals surface area contributed by atoms with E-state index in [-0.39, 0.29) is 13.2 Å². The van der Waals surface area contributed by atoms with Crippen LogP contribution in [-0.4, -0.2) is 52.8 Å². The van der Waals surface area contributed by atoms with Gasteiger partial charge in [-0.15, -0.1) is 11.3 Å². The highest BCUT2D eigenvalue weighted by Gasteiger charge is 2.32. The van der Waals surface area contributed by atoms with E-state index in [1.165, 1.54) is 16.2 Å². The van der Waals surface area contributed by atoms with Gasteiger partial charge in [-0.2, -0.15) is 0 Å². The van der Waals surface area contributed by atoms with Crippen molar-refractivity contribution in [2.45, 2.75) is 19.5 Å². The number of carbonyl (C=O) groups is 2. The molecule has 0 bridgehead atoms. The Morgan fingerprint density at radius 3 is 3.11 bits per heavy atom. The predicted octanol–water partition coefficient (Wildman–Crippen LogP) is 0.447. The third-order valence-corrected chi connectivity index (χ3v) is 3.58. The fourth-order valence-corrected chi connectivity index (χ4v) is 2.42. The van der Waals surface area contributed by atoms with Gasteiger partial charge in [0, 0.05) is 11.9 Å². The number of carbonyl (C=O) groups excluding carboxylic acids is 1. The molecule has 2 amide bonds. The van der Waals surface area contributed by atoms with E-state index in [0.717, 1.165) is 10.7 Å². The van der Waals surface area contributed by atoms with Crippen molar-refractivity contribution in [1.82, 2.24) is 15.2 Å². The maximum Gasteiger partial charge on any atom is 0.328 e. The molecule has 0 spiro atoms. The number of rotatable bonds is 3. The fourth-order valence-electron chi connectivity index (χ4n) is 1.81. The first-order valence-electron chi connectivity index (χ1n) is 5.84. The second-order valence-corrected chi connectivity index (χ2v) is 5.20. The second-order valence-electron chi connectivity index (χ2n) is 4.14. The molecule has 1 aromatic rings. The van der Waals surface area contributed by atoms with E-state index in [1.807, 2.05) is 12.3 Å². The molecule has 1 atom stereocenters. The molecule has 1 unspecified atom stereocenters. The van der Waals surface area contributed by atoms with Crippen LogP contribution in [0.15, 0.2) is 5.38 Å². The number of thiazole rings is 1. The fraction of sp³-hybridized carbons (Fsp3) is 0.545. The van der Waals surface area contributed by atoms with Gasteiger partial charge in [-0.05, 0) is 6.92 Å². The van der Waals surface area contributed by atoms with E-state index in [9.17, 15) is 9.59 Å². The summed E-state index contributed by atoms with van der Waals surface area (Å²) in [5.41, 5.74) is 0.774. The second kappa shape index (κ2) is 5.98. The number of carboxylic acids is 1. The maximum atomic E-state index is 12.0. The number of amides is 2. The molecule has 2 N–H and O–H groups in total. The quantitative estimate of drug-likeness (QED) is 0.841. The lowest BCUT2D eigenvalue weighted by Gasteiger charge is -2.32. The highest BCUT2D eigenvalue weighted by Crippen LogP contribution is 2.10. The van der Waals surface area contributed by atoms with Gasteiger partial charge in [0.25, 0.3) is 0 Å². The molecular formula is C11H15N3O4S. The van der Waals surface area contributed by atoms with Gasteiger partial charge < -0.3 is 20.1 Å². The zero-order chi connectivity index (χ0) is 13.8. The minimum atomic E-state index is -1.06. The maximum absolute atomic E-state index is 12.0. The van der Waals surface area contributed by atoms with E-state index < -0.39 is 18.0 Å². The number of carboxylic acid groups (broad SMARTS) is 1. The van der Waals surface area contributed by atoms with Gasteiger partial charge in [0.05, 0.1) is 30.5 Å². The number of hydrogen-bond acceptors (Lipinski definition) is 5. The number of aryl methyl sites for hydroxylation is 1. The summed E-state index contributed by atoms with van der Waals surface area (Å²) in [5.74, 6) is -1.06. The molecule has 1 aliphatic rings. The molecule has 7 nitrogen and oxygen atoms in total. The van der Waals surface area contributed by atoms with Crippen molar-refractivity contribution in [3.05, 3.63) is 16.1 Å². The third-order valence-electron chi connectivity index (χ3n) is 2.76. The number of nitrogens with one attached hydrogen (secondary N) is 1. The lowest BCUT2D eigenvalue weighted by atomic mass is 10.2. The number of urea groups is 1. The molecule has 1 fully saturated rings. The SMILES string of the molecule is Cc1nc(CNC(=O)N2CCOCC2C(=O)O)cs1. The van der Waals surface area contributed by atoms with Gasteiger partial charge in [-0.25, -0.2) is 14.6 Å². The van der Waals surface area contributed by atoms with Crippen LogP contribution in [0.2, 0.25) is 0 Å². The number of morpholine rings is 1. The smallest absolute Gasteiger partial charge is 0.328 e. The Balaban J connectivity index is 1.92. The van der Waals surface area contributed by atoms with E-state index >= 15 is 0 Å². The minimum absolute atomic E-state index is 0.0264. The van der Waals surface area contributed by atoms with Crippen molar-refractivity contribution < 1.29 is 19.4 Å². The molecule has 19 heavy (non-hydrogen) atoms. The Kier molecular flexibility index (Phi) is 4.33. The molecule has 0 radical (unpaired) electrons.